The molecular weight excluding hydrogens is 396 g/mol. The minimum atomic E-state index is 0.443. The first-order chi connectivity index (χ1) is 15.5. The molecule has 3 aliphatic rings. The number of hydrogen-bond acceptors (Lipinski definition) is 3. The Bertz CT molecular complexity index is 996. The zero-order chi connectivity index (χ0) is 22.3. The van der Waals surface area contributed by atoms with Gasteiger partial charge in [0.2, 0.25) is 0 Å². The topological polar surface area (TPSA) is 35.5 Å². The van der Waals surface area contributed by atoms with E-state index in [1.165, 1.54) is 44.1 Å². The zero-order valence-electron chi connectivity index (χ0n) is 19.7. The zero-order valence-corrected chi connectivity index (χ0v) is 19.7. The van der Waals surface area contributed by atoms with Crippen molar-refractivity contribution in [3.8, 4) is 11.5 Å². The minimum Gasteiger partial charge on any atom is -0.493 e. The van der Waals surface area contributed by atoms with E-state index in [2.05, 4.69) is 32.0 Å². The number of aryl methyl sites for hydroxylation is 2. The lowest BCUT2D eigenvalue weighted by atomic mass is 9.54. The van der Waals surface area contributed by atoms with Crippen LogP contribution < -0.4 is 9.47 Å². The Hall–Kier alpha value is -2.29. The van der Waals surface area contributed by atoms with Crippen molar-refractivity contribution in [2.24, 2.45) is 23.2 Å². The van der Waals surface area contributed by atoms with E-state index in [4.69, 9.17) is 9.47 Å². The van der Waals surface area contributed by atoms with Crippen molar-refractivity contribution in [2.45, 2.75) is 64.7 Å². The quantitative estimate of drug-likeness (QED) is 0.473. The third-order valence-electron chi connectivity index (χ3n) is 9.13. The number of ether oxygens (including phenoxy) is 2. The number of benzene rings is 2. The molecule has 3 nitrogen and oxygen atoms in total. The van der Waals surface area contributed by atoms with Gasteiger partial charge in [-0.1, -0.05) is 30.7 Å². The summed E-state index contributed by atoms with van der Waals surface area (Å²) in [5, 5.41) is 0. The van der Waals surface area contributed by atoms with Gasteiger partial charge in [-0.15, -0.1) is 0 Å². The molecular formula is C29H36O3. The molecule has 3 heteroatoms. The van der Waals surface area contributed by atoms with E-state index in [0.717, 1.165) is 42.1 Å². The van der Waals surface area contributed by atoms with Crippen LogP contribution in [0, 0.1) is 30.1 Å². The molecule has 0 radical (unpaired) electrons. The highest BCUT2D eigenvalue weighted by atomic mass is 16.5. The molecule has 0 spiro atoms. The molecule has 32 heavy (non-hydrogen) atoms. The summed E-state index contributed by atoms with van der Waals surface area (Å²) in [5.41, 5.74) is 5.74. The standard InChI is InChI=1S/C29H36O3/c1-19-4-8-23-21(16-19)6-9-25-24(23)12-14-29(2)22(7-10-26(25)29)13-15-32-27-11-5-20(18-30)17-28(27)31-3/h4-5,8,11,16-18,22,24-26H,6-7,9-10,12-15H2,1-3H3/t22-,24?,25?,26?,29?/m1/s1. The molecule has 0 aromatic heterocycles. The number of methoxy groups -OCH3 is 1. The average Bonchev–Trinajstić information content (AvgIpc) is 3.15. The molecule has 5 atom stereocenters. The van der Waals surface area contributed by atoms with Gasteiger partial charge in [-0.25, -0.2) is 0 Å². The lowest BCUT2D eigenvalue weighted by Gasteiger charge is -2.51. The van der Waals surface area contributed by atoms with E-state index in [0.29, 0.717) is 23.3 Å². The Labute approximate surface area is 192 Å². The summed E-state index contributed by atoms with van der Waals surface area (Å²) in [5.74, 6) is 4.58. The SMILES string of the molecule is COc1cc(C=O)ccc1OCC[C@H]1CCC2C3CCc4cc(C)ccc4C3CCC21C. The first kappa shape index (κ1) is 21.6. The second-order valence-electron chi connectivity index (χ2n) is 10.6. The average molecular weight is 433 g/mol. The summed E-state index contributed by atoms with van der Waals surface area (Å²) in [6, 6.07) is 12.6. The molecule has 0 aliphatic heterocycles. The van der Waals surface area contributed by atoms with Gasteiger partial charge in [0, 0.05) is 5.56 Å². The Morgan fingerprint density at radius 2 is 1.94 bits per heavy atom. The Morgan fingerprint density at radius 1 is 1.06 bits per heavy atom. The van der Waals surface area contributed by atoms with Crippen molar-refractivity contribution in [1.29, 1.82) is 0 Å². The van der Waals surface area contributed by atoms with E-state index in [-0.39, 0.29) is 0 Å². The molecule has 0 heterocycles. The molecule has 2 fully saturated rings. The van der Waals surface area contributed by atoms with Crippen LogP contribution in [0.5, 0.6) is 11.5 Å². The summed E-state index contributed by atoms with van der Waals surface area (Å²) in [4.78, 5) is 11.0. The van der Waals surface area contributed by atoms with Gasteiger partial charge in [0.15, 0.2) is 11.5 Å². The highest BCUT2D eigenvalue weighted by molar-refractivity contribution is 5.76. The number of aldehydes is 1. The first-order valence-electron chi connectivity index (χ1n) is 12.4. The monoisotopic (exact) mass is 432 g/mol. The van der Waals surface area contributed by atoms with Crippen LogP contribution in [0.15, 0.2) is 36.4 Å². The number of hydrogen-bond donors (Lipinski definition) is 0. The molecule has 2 aromatic rings. The van der Waals surface area contributed by atoms with Gasteiger partial charge in [0.1, 0.15) is 6.29 Å². The molecule has 170 valence electrons. The van der Waals surface area contributed by atoms with Crippen LogP contribution >= 0.6 is 0 Å². The van der Waals surface area contributed by atoms with Gasteiger partial charge in [-0.2, -0.15) is 0 Å². The molecule has 5 rings (SSSR count). The second-order valence-corrected chi connectivity index (χ2v) is 10.6. The molecule has 3 aliphatic carbocycles. The van der Waals surface area contributed by atoms with Crippen molar-refractivity contribution >= 4 is 6.29 Å². The van der Waals surface area contributed by atoms with Crippen LogP contribution in [-0.2, 0) is 6.42 Å². The highest BCUT2D eigenvalue weighted by Gasteiger charge is 2.54. The van der Waals surface area contributed by atoms with Gasteiger partial charge in [0.05, 0.1) is 13.7 Å². The van der Waals surface area contributed by atoms with Crippen LogP contribution in [-0.4, -0.2) is 20.0 Å². The first-order valence-corrected chi connectivity index (χ1v) is 12.4. The Morgan fingerprint density at radius 3 is 2.75 bits per heavy atom. The van der Waals surface area contributed by atoms with Gasteiger partial charge in [-0.3, -0.25) is 4.79 Å². The predicted molar refractivity (Wildman–Crippen MR) is 128 cm³/mol. The van der Waals surface area contributed by atoms with Crippen molar-refractivity contribution in [2.75, 3.05) is 13.7 Å². The van der Waals surface area contributed by atoms with E-state index >= 15 is 0 Å². The molecule has 2 aromatic carbocycles. The lowest BCUT2D eigenvalue weighted by Crippen LogP contribution is -2.42. The maximum atomic E-state index is 11.0. The molecule has 0 amide bonds. The fourth-order valence-corrected chi connectivity index (χ4v) is 7.48. The fraction of sp³-hybridized carbons (Fsp3) is 0.552. The van der Waals surface area contributed by atoms with Crippen molar-refractivity contribution in [1.82, 2.24) is 0 Å². The minimum absolute atomic E-state index is 0.443. The maximum absolute atomic E-state index is 11.0. The lowest BCUT2D eigenvalue weighted by molar-refractivity contribution is 0.0219. The van der Waals surface area contributed by atoms with E-state index in [9.17, 15) is 4.79 Å². The van der Waals surface area contributed by atoms with Crippen molar-refractivity contribution in [3.05, 3.63) is 58.7 Å². The molecule has 0 saturated heterocycles. The van der Waals surface area contributed by atoms with Gasteiger partial charge < -0.3 is 9.47 Å². The number of carbonyl (C=O) groups is 1. The number of rotatable bonds is 6. The number of carbonyl (C=O) groups excluding carboxylic acids is 1. The van der Waals surface area contributed by atoms with Crippen LogP contribution in [0.25, 0.3) is 0 Å². The number of fused-ring (bicyclic) bond motifs is 5. The summed E-state index contributed by atoms with van der Waals surface area (Å²) in [7, 11) is 1.63. The summed E-state index contributed by atoms with van der Waals surface area (Å²) in [6.45, 7) is 5.51. The van der Waals surface area contributed by atoms with Crippen LogP contribution in [0.3, 0.4) is 0 Å². The van der Waals surface area contributed by atoms with E-state index in [1.54, 1.807) is 30.4 Å². The predicted octanol–water partition coefficient (Wildman–Crippen LogP) is 6.76. The fourth-order valence-electron chi connectivity index (χ4n) is 7.48. The largest absolute Gasteiger partial charge is 0.493 e. The Kier molecular flexibility index (Phi) is 5.77. The maximum Gasteiger partial charge on any atom is 0.161 e. The smallest absolute Gasteiger partial charge is 0.161 e. The third kappa shape index (κ3) is 3.64. The second kappa shape index (κ2) is 8.57. The highest BCUT2D eigenvalue weighted by Crippen LogP contribution is 2.63. The summed E-state index contributed by atoms with van der Waals surface area (Å²) in [6.07, 6.45) is 9.95. The summed E-state index contributed by atoms with van der Waals surface area (Å²) < 4.78 is 11.6. The van der Waals surface area contributed by atoms with Crippen molar-refractivity contribution < 1.29 is 14.3 Å². The van der Waals surface area contributed by atoms with E-state index < -0.39 is 0 Å². The normalized spacial score (nSPS) is 30.7. The molecule has 4 unspecified atom stereocenters. The van der Waals surface area contributed by atoms with Gasteiger partial charge in [0.25, 0.3) is 0 Å². The molecule has 2 saturated carbocycles. The van der Waals surface area contributed by atoms with Crippen LogP contribution in [0.2, 0.25) is 0 Å². The van der Waals surface area contributed by atoms with Crippen LogP contribution in [0.1, 0.15) is 78.4 Å². The van der Waals surface area contributed by atoms with Crippen LogP contribution in [0.4, 0.5) is 0 Å². The summed E-state index contributed by atoms with van der Waals surface area (Å²) >= 11 is 0. The van der Waals surface area contributed by atoms with Crippen molar-refractivity contribution in [3.63, 3.8) is 0 Å². The third-order valence-corrected chi connectivity index (χ3v) is 9.13. The van der Waals surface area contributed by atoms with Gasteiger partial charge >= 0.3 is 0 Å². The van der Waals surface area contributed by atoms with Gasteiger partial charge in [-0.05, 0) is 110 Å². The molecule has 0 N–H and O–H groups in total. The van der Waals surface area contributed by atoms with E-state index in [1.807, 2.05) is 6.07 Å². The molecule has 0 bridgehead atoms. The Balaban J connectivity index is 1.26.